The molecule has 0 fully saturated rings. The Hall–Kier alpha value is -3.56. The van der Waals surface area contributed by atoms with Crippen LogP contribution in [0.2, 0.25) is 0 Å². The molecule has 29 heavy (non-hydrogen) atoms. The third kappa shape index (κ3) is 2.63. The van der Waals surface area contributed by atoms with Crippen molar-refractivity contribution in [3.8, 4) is 22.4 Å². The van der Waals surface area contributed by atoms with Gasteiger partial charge in [0, 0.05) is 15.6 Å². The molecule has 2 nitrogen and oxygen atoms in total. The predicted octanol–water partition coefficient (Wildman–Crippen LogP) is 7.33. The van der Waals surface area contributed by atoms with Gasteiger partial charge in [0.15, 0.2) is 0 Å². The second kappa shape index (κ2) is 6.50. The maximum Gasteiger partial charge on any atom is 0.116 e. The van der Waals surface area contributed by atoms with Crippen LogP contribution in [-0.4, -0.2) is 9.97 Å². The summed E-state index contributed by atoms with van der Waals surface area (Å²) in [6, 6.07) is 32.1. The van der Waals surface area contributed by atoms with E-state index in [9.17, 15) is 0 Å². The molecule has 0 aliphatic carbocycles. The van der Waals surface area contributed by atoms with Gasteiger partial charge in [0.25, 0.3) is 0 Å². The number of benzene rings is 4. The highest BCUT2D eigenvalue weighted by molar-refractivity contribution is 7.26. The Kier molecular flexibility index (Phi) is 3.68. The number of aromatic nitrogens is 2. The predicted molar refractivity (Wildman–Crippen MR) is 123 cm³/mol. The summed E-state index contributed by atoms with van der Waals surface area (Å²) in [5.74, 6) is 0. The van der Waals surface area contributed by atoms with Crippen molar-refractivity contribution in [3.05, 3.63) is 97.3 Å². The monoisotopic (exact) mass is 388 g/mol. The molecular formula is C26H16N2S. The first-order valence-corrected chi connectivity index (χ1v) is 10.4. The van der Waals surface area contributed by atoms with Crippen LogP contribution in [0.3, 0.4) is 0 Å². The topological polar surface area (TPSA) is 25.8 Å². The highest BCUT2D eigenvalue weighted by atomic mass is 32.1. The van der Waals surface area contributed by atoms with E-state index in [1.54, 1.807) is 17.7 Å². The van der Waals surface area contributed by atoms with Crippen LogP contribution in [0.5, 0.6) is 0 Å². The zero-order valence-corrected chi connectivity index (χ0v) is 16.4. The molecule has 2 aromatic heterocycles. The lowest BCUT2D eigenvalue weighted by atomic mass is 9.96. The fraction of sp³-hybridized carbons (Fsp3) is 0. The van der Waals surface area contributed by atoms with Crippen LogP contribution in [0.1, 0.15) is 0 Å². The number of hydrogen-bond acceptors (Lipinski definition) is 3. The summed E-state index contributed by atoms with van der Waals surface area (Å²) in [5.41, 5.74) is 5.60. The first-order valence-electron chi connectivity index (χ1n) is 9.59. The SMILES string of the molecule is c1cc(-c2cccc3ccccc23)cc(-c2ncnc3c2sc2ccccc23)c1. The van der Waals surface area contributed by atoms with Crippen molar-refractivity contribution in [2.24, 2.45) is 0 Å². The van der Waals surface area contributed by atoms with Gasteiger partial charge in [-0.15, -0.1) is 11.3 Å². The van der Waals surface area contributed by atoms with Gasteiger partial charge in [-0.3, -0.25) is 0 Å². The van der Waals surface area contributed by atoms with Crippen LogP contribution < -0.4 is 0 Å². The van der Waals surface area contributed by atoms with Crippen molar-refractivity contribution in [3.63, 3.8) is 0 Å². The minimum Gasteiger partial charge on any atom is -0.235 e. The standard InChI is InChI=1S/C26H16N2S/c1-2-11-20-17(7-1)8-6-13-21(20)18-9-5-10-19(15-18)24-26-25(28-16-27-24)22-12-3-4-14-23(22)29-26/h1-16H. The van der Waals surface area contributed by atoms with Gasteiger partial charge in [-0.25, -0.2) is 9.97 Å². The van der Waals surface area contributed by atoms with Gasteiger partial charge >= 0.3 is 0 Å². The number of thiophene rings is 1. The first kappa shape index (κ1) is 16.4. The van der Waals surface area contributed by atoms with E-state index in [-0.39, 0.29) is 0 Å². The van der Waals surface area contributed by atoms with E-state index < -0.39 is 0 Å². The van der Waals surface area contributed by atoms with Gasteiger partial charge in [-0.05, 0) is 34.0 Å². The summed E-state index contributed by atoms with van der Waals surface area (Å²) in [6.07, 6.45) is 1.68. The van der Waals surface area contributed by atoms with Crippen molar-refractivity contribution in [2.45, 2.75) is 0 Å². The Labute approximate surface area is 172 Å². The quantitative estimate of drug-likeness (QED) is 0.310. The zero-order valence-electron chi connectivity index (χ0n) is 15.5. The Balaban J connectivity index is 1.58. The molecule has 0 aliphatic rings. The number of fused-ring (bicyclic) bond motifs is 4. The largest absolute Gasteiger partial charge is 0.235 e. The lowest BCUT2D eigenvalue weighted by Crippen LogP contribution is -1.87. The fourth-order valence-electron chi connectivity index (χ4n) is 4.04. The van der Waals surface area contributed by atoms with Gasteiger partial charge in [0.2, 0.25) is 0 Å². The maximum atomic E-state index is 4.67. The summed E-state index contributed by atoms with van der Waals surface area (Å²) in [4.78, 5) is 9.25. The molecule has 0 saturated carbocycles. The van der Waals surface area contributed by atoms with E-state index in [4.69, 9.17) is 0 Å². The number of rotatable bonds is 2. The van der Waals surface area contributed by atoms with E-state index in [0.717, 1.165) is 21.5 Å². The summed E-state index contributed by atoms with van der Waals surface area (Å²) in [5, 5.41) is 3.72. The van der Waals surface area contributed by atoms with Crippen LogP contribution >= 0.6 is 11.3 Å². The Morgan fingerprint density at radius 1 is 0.621 bits per heavy atom. The molecule has 2 heterocycles. The van der Waals surface area contributed by atoms with Gasteiger partial charge in [0.05, 0.1) is 15.9 Å². The Bertz CT molecular complexity index is 1510. The minimum atomic E-state index is 0.998. The van der Waals surface area contributed by atoms with Crippen LogP contribution in [0.4, 0.5) is 0 Å². The molecule has 0 spiro atoms. The number of hydrogen-bond donors (Lipinski definition) is 0. The third-order valence-electron chi connectivity index (χ3n) is 5.39. The molecule has 3 heteroatoms. The molecule has 6 aromatic rings. The van der Waals surface area contributed by atoms with Crippen LogP contribution in [0.25, 0.3) is 53.5 Å². The molecule has 136 valence electrons. The maximum absolute atomic E-state index is 4.67. The molecule has 4 aromatic carbocycles. The highest BCUT2D eigenvalue weighted by Crippen LogP contribution is 2.38. The van der Waals surface area contributed by atoms with Gasteiger partial charge < -0.3 is 0 Å². The molecule has 0 aliphatic heterocycles. The normalized spacial score (nSPS) is 11.4. The van der Waals surface area contributed by atoms with Gasteiger partial charge in [-0.2, -0.15) is 0 Å². The molecule has 0 saturated heterocycles. The van der Waals surface area contributed by atoms with Crippen molar-refractivity contribution in [1.82, 2.24) is 9.97 Å². The minimum absolute atomic E-state index is 0.998. The smallest absolute Gasteiger partial charge is 0.116 e. The second-order valence-electron chi connectivity index (χ2n) is 7.11. The lowest BCUT2D eigenvalue weighted by molar-refractivity contribution is 1.24. The molecular weight excluding hydrogens is 372 g/mol. The highest BCUT2D eigenvalue weighted by Gasteiger charge is 2.13. The molecule has 0 bridgehead atoms. The summed E-state index contributed by atoms with van der Waals surface area (Å²) >= 11 is 1.76. The molecule has 0 atom stereocenters. The van der Waals surface area contributed by atoms with Crippen LogP contribution in [0.15, 0.2) is 97.3 Å². The molecule has 0 amide bonds. The zero-order chi connectivity index (χ0) is 19.2. The summed E-state index contributed by atoms with van der Waals surface area (Å²) in [7, 11) is 0. The lowest BCUT2D eigenvalue weighted by Gasteiger charge is -2.09. The van der Waals surface area contributed by atoms with E-state index in [2.05, 4.69) is 101 Å². The average Bonchev–Trinajstić information content (AvgIpc) is 3.18. The summed E-state index contributed by atoms with van der Waals surface area (Å²) < 4.78 is 2.39. The molecule has 0 radical (unpaired) electrons. The van der Waals surface area contributed by atoms with E-state index in [1.165, 1.54) is 32.0 Å². The van der Waals surface area contributed by atoms with Gasteiger partial charge in [-0.1, -0.05) is 78.9 Å². The molecule has 0 N–H and O–H groups in total. The average molecular weight is 388 g/mol. The van der Waals surface area contributed by atoms with E-state index in [1.807, 2.05) is 0 Å². The Morgan fingerprint density at radius 2 is 1.38 bits per heavy atom. The van der Waals surface area contributed by atoms with Crippen molar-refractivity contribution in [2.75, 3.05) is 0 Å². The first-order chi connectivity index (χ1) is 14.4. The summed E-state index contributed by atoms with van der Waals surface area (Å²) in [6.45, 7) is 0. The second-order valence-corrected chi connectivity index (χ2v) is 8.16. The number of nitrogens with zero attached hydrogens (tertiary/aromatic N) is 2. The van der Waals surface area contributed by atoms with E-state index >= 15 is 0 Å². The van der Waals surface area contributed by atoms with Crippen LogP contribution in [0, 0.1) is 0 Å². The van der Waals surface area contributed by atoms with E-state index in [0.29, 0.717) is 0 Å². The van der Waals surface area contributed by atoms with Crippen molar-refractivity contribution < 1.29 is 0 Å². The molecule has 0 unspecified atom stereocenters. The third-order valence-corrected chi connectivity index (χ3v) is 6.56. The van der Waals surface area contributed by atoms with Crippen molar-refractivity contribution in [1.29, 1.82) is 0 Å². The van der Waals surface area contributed by atoms with Crippen molar-refractivity contribution >= 4 is 42.4 Å². The Morgan fingerprint density at radius 3 is 2.34 bits per heavy atom. The fourth-order valence-corrected chi connectivity index (χ4v) is 5.21. The molecule has 6 rings (SSSR count). The van der Waals surface area contributed by atoms with Gasteiger partial charge in [0.1, 0.15) is 6.33 Å². The van der Waals surface area contributed by atoms with Crippen LogP contribution in [-0.2, 0) is 0 Å².